The van der Waals surface area contributed by atoms with E-state index in [1.165, 1.54) is 0 Å². The minimum absolute atomic E-state index is 0.374. The highest BCUT2D eigenvalue weighted by Crippen LogP contribution is 1.97. The second kappa shape index (κ2) is 4.13. The molecule has 1 rings (SSSR count). The van der Waals surface area contributed by atoms with Crippen molar-refractivity contribution in [2.24, 2.45) is 4.99 Å². The molecule has 0 aromatic carbocycles. The molecule has 0 aromatic rings. The van der Waals surface area contributed by atoms with Gasteiger partial charge in [0.05, 0.1) is 19.0 Å². The highest BCUT2D eigenvalue weighted by molar-refractivity contribution is 5.57. The molecule has 0 saturated heterocycles. The van der Waals surface area contributed by atoms with Crippen molar-refractivity contribution in [3.63, 3.8) is 0 Å². The summed E-state index contributed by atoms with van der Waals surface area (Å²) in [5.41, 5.74) is 0. The van der Waals surface area contributed by atoms with E-state index in [1.54, 1.807) is 0 Å². The fourth-order valence-corrected chi connectivity index (χ4v) is 1.06. The molecular weight excluding hydrogens is 138 g/mol. The van der Waals surface area contributed by atoms with Gasteiger partial charge in [0.2, 0.25) is 0 Å². The lowest BCUT2D eigenvalue weighted by Crippen LogP contribution is -2.41. The maximum absolute atomic E-state index is 4.13. The Morgan fingerprint density at radius 2 is 2.73 bits per heavy atom. The zero-order valence-corrected chi connectivity index (χ0v) is 6.95. The summed E-state index contributed by atoms with van der Waals surface area (Å²) < 4.78 is 0. The van der Waals surface area contributed by atoms with Crippen LogP contribution in [0.1, 0.15) is 6.92 Å². The first kappa shape index (κ1) is 8.27. The van der Waals surface area contributed by atoms with Gasteiger partial charge in [0.25, 0.3) is 0 Å². The molecule has 1 atom stereocenters. The van der Waals surface area contributed by atoms with Gasteiger partial charge in [-0.2, -0.15) is 0 Å². The Balaban J connectivity index is 2.22. The summed E-state index contributed by atoms with van der Waals surface area (Å²) in [6, 6.07) is 0. The standard InChI is InChI=1S/C8H15N3/c1-3-4-10-8(2)11-6-5-9-7-11/h3,7-8,10H,1,4-6H2,2H3. The zero-order valence-electron chi connectivity index (χ0n) is 6.95. The Kier molecular flexibility index (Phi) is 3.11. The molecule has 0 aliphatic carbocycles. The van der Waals surface area contributed by atoms with E-state index in [0.29, 0.717) is 6.17 Å². The average Bonchev–Trinajstić information content (AvgIpc) is 2.52. The van der Waals surface area contributed by atoms with Crippen molar-refractivity contribution in [2.45, 2.75) is 13.1 Å². The van der Waals surface area contributed by atoms with Gasteiger partial charge in [-0.15, -0.1) is 6.58 Å². The Labute approximate surface area is 67.8 Å². The lowest BCUT2D eigenvalue weighted by Gasteiger charge is -2.23. The zero-order chi connectivity index (χ0) is 8.10. The summed E-state index contributed by atoms with van der Waals surface area (Å²) in [6.45, 7) is 8.59. The molecule has 1 N–H and O–H groups in total. The summed E-state index contributed by atoms with van der Waals surface area (Å²) in [4.78, 5) is 6.31. The summed E-state index contributed by atoms with van der Waals surface area (Å²) >= 11 is 0. The van der Waals surface area contributed by atoms with E-state index >= 15 is 0 Å². The van der Waals surface area contributed by atoms with Gasteiger partial charge >= 0.3 is 0 Å². The van der Waals surface area contributed by atoms with Gasteiger partial charge in [-0.25, -0.2) is 0 Å². The van der Waals surface area contributed by atoms with Gasteiger partial charge < -0.3 is 4.90 Å². The molecule has 0 amide bonds. The lowest BCUT2D eigenvalue weighted by molar-refractivity contribution is 0.319. The minimum Gasteiger partial charge on any atom is -0.346 e. The van der Waals surface area contributed by atoms with Crippen molar-refractivity contribution >= 4 is 6.34 Å². The Morgan fingerprint density at radius 1 is 1.91 bits per heavy atom. The SMILES string of the molecule is C=CCNC(C)N1C=NCC1. The second-order valence-corrected chi connectivity index (χ2v) is 2.63. The number of rotatable bonds is 4. The number of aliphatic imine (C=N–C) groups is 1. The van der Waals surface area contributed by atoms with Crippen molar-refractivity contribution in [2.75, 3.05) is 19.6 Å². The van der Waals surface area contributed by atoms with Gasteiger partial charge in [0.15, 0.2) is 0 Å². The lowest BCUT2D eigenvalue weighted by atomic mass is 10.4. The van der Waals surface area contributed by atoms with Gasteiger partial charge in [-0.3, -0.25) is 10.3 Å². The average molecular weight is 153 g/mol. The third-order valence-electron chi connectivity index (χ3n) is 1.77. The van der Waals surface area contributed by atoms with Gasteiger partial charge in [0.1, 0.15) is 0 Å². The van der Waals surface area contributed by atoms with E-state index < -0.39 is 0 Å². The first-order valence-corrected chi connectivity index (χ1v) is 3.94. The van der Waals surface area contributed by atoms with Crippen molar-refractivity contribution in [1.82, 2.24) is 10.2 Å². The molecule has 1 aliphatic heterocycles. The summed E-state index contributed by atoms with van der Waals surface area (Å²) in [7, 11) is 0. The number of nitrogens with one attached hydrogen (secondary N) is 1. The normalized spacial score (nSPS) is 18.8. The Hall–Kier alpha value is -0.830. The van der Waals surface area contributed by atoms with Crippen LogP contribution >= 0.6 is 0 Å². The van der Waals surface area contributed by atoms with E-state index in [2.05, 4.69) is 28.7 Å². The second-order valence-electron chi connectivity index (χ2n) is 2.63. The predicted molar refractivity (Wildman–Crippen MR) is 47.7 cm³/mol. The molecule has 1 unspecified atom stereocenters. The van der Waals surface area contributed by atoms with E-state index in [-0.39, 0.29) is 0 Å². The van der Waals surface area contributed by atoms with E-state index in [9.17, 15) is 0 Å². The summed E-state index contributed by atoms with van der Waals surface area (Å²) in [6.07, 6.45) is 4.14. The van der Waals surface area contributed by atoms with Crippen molar-refractivity contribution in [1.29, 1.82) is 0 Å². The third kappa shape index (κ3) is 2.35. The molecule has 11 heavy (non-hydrogen) atoms. The monoisotopic (exact) mass is 153 g/mol. The van der Waals surface area contributed by atoms with Crippen LogP contribution < -0.4 is 5.32 Å². The molecule has 3 heteroatoms. The van der Waals surface area contributed by atoms with Crippen LogP contribution in [0.2, 0.25) is 0 Å². The molecule has 62 valence electrons. The molecule has 3 nitrogen and oxygen atoms in total. The van der Waals surface area contributed by atoms with Crippen LogP contribution in [0.15, 0.2) is 17.6 Å². The molecule has 0 spiro atoms. The van der Waals surface area contributed by atoms with Crippen LogP contribution in [0.5, 0.6) is 0 Å². The Morgan fingerprint density at radius 3 is 3.27 bits per heavy atom. The van der Waals surface area contributed by atoms with Gasteiger partial charge in [0, 0.05) is 13.1 Å². The maximum atomic E-state index is 4.13. The fraction of sp³-hybridized carbons (Fsp3) is 0.625. The fourth-order valence-electron chi connectivity index (χ4n) is 1.06. The molecule has 1 aliphatic rings. The van der Waals surface area contributed by atoms with Crippen LogP contribution in [0.3, 0.4) is 0 Å². The first-order valence-electron chi connectivity index (χ1n) is 3.94. The predicted octanol–water partition coefficient (Wildman–Crippen LogP) is 0.452. The molecule has 0 bridgehead atoms. The summed E-state index contributed by atoms with van der Waals surface area (Å²) in [5.74, 6) is 0. The van der Waals surface area contributed by atoms with E-state index in [4.69, 9.17) is 0 Å². The van der Waals surface area contributed by atoms with Gasteiger partial charge in [-0.05, 0) is 6.92 Å². The molecule has 0 radical (unpaired) electrons. The number of hydrogen-bond donors (Lipinski definition) is 1. The van der Waals surface area contributed by atoms with Gasteiger partial charge in [-0.1, -0.05) is 6.08 Å². The number of nitrogens with zero attached hydrogens (tertiary/aromatic N) is 2. The molecular formula is C8H15N3. The third-order valence-corrected chi connectivity index (χ3v) is 1.77. The molecule has 0 aromatic heterocycles. The van der Waals surface area contributed by atoms with Crippen LogP contribution in [0, 0.1) is 0 Å². The van der Waals surface area contributed by atoms with Crippen LogP contribution in [-0.4, -0.2) is 37.0 Å². The van der Waals surface area contributed by atoms with Crippen LogP contribution in [-0.2, 0) is 0 Å². The molecule has 0 fully saturated rings. The maximum Gasteiger partial charge on any atom is 0.0863 e. The largest absolute Gasteiger partial charge is 0.346 e. The molecule has 0 saturated carbocycles. The topological polar surface area (TPSA) is 27.6 Å². The minimum atomic E-state index is 0.374. The Bertz CT molecular complexity index is 153. The first-order chi connectivity index (χ1) is 5.34. The summed E-state index contributed by atoms with van der Waals surface area (Å²) in [5, 5.41) is 3.29. The van der Waals surface area contributed by atoms with E-state index in [1.807, 2.05) is 12.4 Å². The van der Waals surface area contributed by atoms with Crippen LogP contribution in [0.4, 0.5) is 0 Å². The molecule has 1 heterocycles. The van der Waals surface area contributed by atoms with Crippen LogP contribution in [0.25, 0.3) is 0 Å². The highest BCUT2D eigenvalue weighted by atomic mass is 15.3. The quantitative estimate of drug-likeness (QED) is 0.594. The van der Waals surface area contributed by atoms with Crippen molar-refractivity contribution in [3.8, 4) is 0 Å². The van der Waals surface area contributed by atoms with Crippen molar-refractivity contribution < 1.29 is 0 Å². The highest BCUT2D eigenvalue weighted by Gasteiger charge is 2.11. The van der Waals surface area contributed by atoms with E-state index in [0.717, 1.165) is 19.6 Å². The van der Waals surface area contributed by atoms with Crippen molar-refractivity contribution in [3.05, 3.63) is 12.7 Å². The smallest absolute Gasteiger partial charge is 0.0863 e. The number of hydrogen-bond acceptors (Lipinski definition) is 3.